The molecule has 2 N–H and O–H groups in total. The van der Waals surface area contributed by atoms with Crippen LogP contribution in [0.1, 0.15) is 45.3 Å². The van der Waals surface area contributed by atoms with Gasteiger partial charge in [0.25, 0.3) is 0 Å². The first-order valence-electron chi connectivity index (χ1n) is 8.44. The number of nitrogens with two attached hydrogens (primary N) is 1. The van der Waals surface area contributed by atoms with Crippen molar-refractivity contribution in [3.8, 4) is 0 Å². The van der Waals surface area contributed by atoms with Gasteiger partial charge in [-0.15, -0.1) is 0 Å². The van der Waals surface area contributed by atoms with Crippen LogP contribution in [0.15, 0.2) is 22.8 Å². The van der Waals surface area contributed by atoms with Crippen molar-refractivity contribution in [2.75, 3.05) is 32.7 Å². The highest BCUT2D eigenvalue weighted by Gasteiger charge is 2.36. The normalized spacial score (nSPS) is 24.4. The van der Waals surface area contributed by atoms with Crippen molar-refractivity contribution in [1.82, 2.24) is 9.80 Å². The van der Waals surface area contributed by atoms with Gasteiger partial charge in [0.2, 0.25) is 0 Å². The van der Waals surface area contributed by atoms with Crippen LogP contribution in [0, 0.1) is 0 Å². The Morgan fingerprint density at radius 1 is 1.33 bits per heavy atom. The molecule has 1 aromatic rings. The Morgan fingerprint density at radius 3 is 2.81 bits per heavy atom. The summed E-state index contributed by atoms with van der Waals surface area (Å²) in [5.74, 6) is 1.04. The Balaban J connectivity index is 2.07. The van der Waals surface area contributed by atoms with Gasteiger partial charge in [-0.05, 0) is 64.0 Å². The highest BCUT2D eigenvalue weighted by molar-refractivity contribution is 5.02. The average molecular weight is 293 g/mol. The quantitative estimate of drug-likeness (QED) is 0.839. The first kappa shape index (κ1) is 16.5. The Bertz CT molecular complexity index is 393. The minimum absolute atomic E-state index is 0.129. The molecular weight excluding hydrogens is 262 g/mol. The summed E-state index contributed by atoms with van der Waals surface area (Å²) in [6, 6.07) is 4.03. The molecule has 1 atom stereocenters. The summed E-state index contributed by atoms with van der Waals surface area (Å²) in [4.78, 5) is 5.12. The third kappa shape index (κ3) is 4.09. The molecule has 4 heteroatoms. The lowest BCUT2D eigenvalue weighted by Gasteiger charge is -2.42. The maximum Gasteiger partial charge on any atom is 0.117 e. The van der Waals surface area contributed by atoms with Gasteiger partial charge in [-0.2, -0.15) is 0 Å². The van der Waals surface area contributed by atoms with Crippen LogP contribution in [0.25, 0.3) is 0 Å². The lowest BCUT2D eigenvalue weighted by molar-refractivity contribution is 0.0687. The molecule has 1 aliphatic rings. The summed E-state index contributed by atoms with van der Waals surface area (Å²) in [5.41, 5.74) is 6.37. The molecule has 2 heterocycles. The minimum atomic E-state index is 0.129. The fourth-order valence-corrected chi connectivity index (χ4v) is 3.63. The summed E-state index contributed by atoms with van der Waals surface area (Å²) < 4.78 is 5.54. The number of likely N-dealkylation sites (tertiary alicyclic amines) is 1. The summed E-state index contributed by atoms with van der Waals surface area (Å²) in [6.07, 6.45) is 6.59. The molecule has 0 aliphatic carbocycles. The Kier molecular flexibility index (Phi) is 6.27. The van der Waals surface area contributed by atoms with Gasteiger partial charge in [-0.3, -0.25) is 4.90 Å². The van der Waals surface area contributed by atoms with Crippen LogP contribution in [-0.4, -0.2) is 48.1 Å². The standard InChI is InChI=1S/C17H31N3O/c1-3-10-19-11-6-8-17(15-18,9-12-19)20(4-2)14-16-7-5-13-21-16/h5,7,13H,3-4,6,8-12,14-15,18H2,1-2H3. The van der Waals surface area contributed by atoms with Crippen molar-refractivity contribution in [3.05, 3.63) is 24.2 Å². The Hall–Kier alpha value is -0.840. The number of likely N-dealkylation sites (N-methyl/N-ethyl adjacent to an activating group) is 1. The van der Waals surface area contributed by atoms with Crippen molar-refractivity contribution >= 4 is 0 Å². The number of hydrogen-bond donors (Lipinski definition) is 1. The van der Waals surface area contributed by atoms with E-state index in [4.69, 9.17) is 10.2 Å². The molecule has 1 unspecified atom stereocenters. The third-order valence-electron chi connectivity index (χ3n) is 4.91. The summed E-state index contributed by atoms with van der Waals surface area (Å²) in [7, 11) is 0. The summed E-state index contributed by atoms with van der Waals surface area (Å²) in [5, 5.41) is 0. The van der Waals surface area contributed by atoms with Gasteiger partial charge in [-0.1, -0.05) is 13.8 Å². The van der Waals surface area contributed by atoms with Crippen LogP contribution in [-0.2, 0) is 6.54 Å². The highest BCUT2D eigenvalue weighted by atomic mass is 16.3. The van der Waals surface area contributed by atoms with Gasteiger partial charge in [0.1, 0.15) is 5.76 Å². The zero-order chi connectivity index (χ0) is 15.1. The van der Waals surface area contributed by atoms with Crippen molar-refractivity contribution in [2.45, 2.75) is 51.6 Å². The first-order valence-corrected chi connectivity index (χ1v) is 8.44. The van der Waals surface area contributed by atoms with E-state index in [1.165, 1.54) is 38.9 Å². The van der Waals surface area contributed by atoms with E-state index < -0.39 is 0 Å². The van der Waals surface area contributed by atoms with Crippen LogP contribution in [0.3, 0.4) is 0 Å². The van der Waals surface area contributed by atoms with E-state index in [-0.39, 0.29) is 5.54 Å². The van der Waals surface area contributed by atoms with Crippen LogP contribution in [0.2, 0.25) is 0 Å². The van der Waals surface area contributed by atoms with E-state index in [0.29, 0.717) is 0 Å². The van der Waals surface area contributed by atoms with Gasteiger partial charge in [-0.25, -0.2) is 0 Å². The number of nitrogens with zero attached hydrogens (tertiary/aromatic N) is 2. The van der Waals surface area contributed by atoms with E-state index in [0.717, 1.165) is 31.8 Å². The second-order valence-corrected chi connectivity index (χ2v) is 6.22. The first-order chi connectivity index (χ1) is 10.2. The minimum Gasteiger partial charge on any atom is -0.468 e. The summed E-state index contributed by atoms with van der Waals surface area (Å²) in [6.45, 7) is 10.7. The van der Waals surface area contributed by atoms with Crippen LogP contribution < -0.4 is 5.73 Å². The van der Waals surface area contributed by atoms with Gasteiger partial charge in [0.15, 0.2) is 0 Å². The predicted octanol–water partition coefficient (Wildman–Crippen LogP) is 2.69. The number of hydrogen-bond acceptors (Lipinski definition) is 4. The molecule has 0 radical (unpaired) electrons. The number of furan rings is 1. The monoisotopic (exact) mass is 293 g/mol. The SMILES string of the molecule is CCCN1CCCC(CN)(N(CC)Cc2ccco2)CC1. The molecule has 0 amide bonds. The van der Waals surface area contributed by atoms with Gasteiger partial charge >= 0.3 is 0 Å². The van der Waals surface area contributed by atoms with Crippen LogP contribution >= 0.6 is 0 Å². The zero-order valence-electron chi connectivity index (χ0n) is 13.7. The molecule has 1 aliphatic heterocycles. The second kappa shape index (κ2) is 7.97. The van der Waals surface area contributed by atoms with Crippen LogP contribution in [0.4, 0.5) is 0 Å². The molecule has 1 aromatic heterocycles. The van der Waals surface area contributed by atoms with E-state index in [2.05, 4.69) is 29.7 Å². The lowest BCUT2D eigenvalue weighted by Crippen LogP contribution is -2.53. The average Bonchev–Trinajstić information content (AvgIpc) is 2.93. The van der Waals surface area contributed by atoms with E-state index in [9.17, 15) is 0 Å². The fraction of sp³-hybridized carbons (Fsp3) is 0.765. The van der Waals surface area contributed by atoms with Crippen LogP contribution in [0.5, 0.6) is 0 Å². The molecule has 0 spiro atoms. The molecule has 120 valence electrons. The van der Waals surface area contributed by atoms with E-state index in [1.54, 1.807) is 6.26 Å². The van der Waals surface area contributed by atoms with E-state index in [1.807, 2.05) is 6.07 Å². The summed E-state index contributed by atoms with van der Waals surface area (Å²) >= 11 is 0. The molecule has 0 aromatic carbocycles. The predicted molar refractivity (Wildman–Crippen MR) is 87.2 cm³/mol. The molecule has 0 bridgehead atoms. The molecule has 4 nitrogen and oxygen atoms in total. The zero-order valence-corrected chi connectivity index (χ0v) is 13.7. The maximum absolute atomic E-state index is 6.24. The van der Waals surface area contributed by atoms with Crippen molar-refractivity contribution in [3.63, 3.8) is 0 Å². The smallest absolute Gasteiger partial charge is 0.117 e. The molecule has 2 rings (SSSR count). The lowest BCUT2D eigenvalue weighted by atomic mass is 9.88. The highest BCUT2D eigenvalue weighted by Crippen LogP contribution is 2.29. The Morgan fingerprint density at radius 2 is 2.19 bits per heavy atom. The molecule has 21 heavy (non-hydrogen) atoms. The van der Waals surface area contributed by atoms with Gasteiger partial charge in [0, 0.05) is 12.1 Å². The van der Waals surface area contributed by atoms with E-state index >= 15 is 0 Å². The molecule has 1 saturated heterocycles. The topological polar surface area (TPSA) is 45.6 Å². The van der Waals surface area contributed by atoms with Crippen molar-refractivity contribution in [1.29, 1.82) is 0 Å². The number of rotatable bonds is 7. The molecule has 0 saturated carbocycles. The largest absolute Gasteiger partial charge is 0.468 e. The molecular formula is C17H31N3O. The maximum atomic E-state index is 6.24. The fourth-order valence-electron chi connectivity index (χ4n) is 3.63. The van der Waals surface area contributed by atoms with Gasteiger partial charge < -0.3 is 15.1 Å². The third-order valence-corrected chi connectivity index (χ3v) is 4.91. The van der Waals surface area contributed by atoms with Gasteiger partial charge in [0.05, 0.1) is 12.8 Å². The Labute approximate surface area is 129 Å². The molecule has 1 fully saturated rings. The van der Waals surface area contributed by atoms with Crippen molar-refractivity contribution in [2.24, 2.45) is 5.73 Å². The van der Waals surface area contributed by atoms with Crippen molar-refractivity contribution < 1.29 is 4.42 Å². The second-order valence-electron chi connectivity index (χ2n) is 6.22.